The van der Waals surface area contributed by atoms with Crippen LogP contribution in [-0.4, -0.2) is 26.4 Å². The highest BCUT2D eigenvalue weighted by Gasteiger charge is 2.13. The van der Waals surface area contributed by atoms with Gasteiger partial charge in [-0.25, -0.2) is 0 Å². The van der Waals surface area contributed by atoms with Crippen LogP contribution in [0.25, 0.3) is 33.3 Å². The number of hydrogen-bond acceptors (Lipinski definition) is 5. The maximum atomic E-state index is 12.5. The number of nitrogens with one attached hydrogen (secondary N) is 1. The Morgan fingerprint density at radius 1 is 0.967 bits per heavy atom. The van der Waals surface area contributed by atoms with E-state index in [9.17, 15) is 4.79 Å². The highest BCUT2D eigenvalue weighted by Crippen LogP contribution is 2.30. The summed E-state index contributed by atoms with van der Waals surface area (Å²) in [6.07, 6.45) is 0. The minimum Gasteiger partial charge on any atom is -0.456 e. The average Bonchev–Trinajstić information content (AvgIpc) is 3.33. The Morgan fingerprint density at radius 2 is 1.73 bits per heavy atom. The third kappa shape index (κ3) is 3.44. The number of anilines is 1. The lowest BCUT2D eigenvalue weighted by Gasteiger charge is -2.06. The number of carbonyl (C=O) groups is 1. The molecule has 0 radical (unpaired) electrons. The van der Waals surface area contributed by atoms with E-state index in [1.165, 1.54) is 11.8 Å². The Bertz CT molecular complexity index is 1360. The Labute approximate surface area is 176 Å². The predicted octanol–water partition coefficient (Wildman–Crippen LogP) is 5.11. The molecule has 0 spiro atoms. The molecule has 7 heteroatoms. The summed E-state index contributed by atoms with van der Waals surface area (Å²) in [5.74, 6) is 0.914. The van der Waals surface area contributed by atoms with Crippen LogP contribution in [0, 0.1) is 0 Å². The van der Waals surface area contributed by atoms with E-state index < -0.39 is 0 Å². The number of amides is 1. The van der Waals surface area contributed by atoms with E-state index >= 15 is 0 Å². The van der Waals surface area contributed by atoms with Crippen LogP contribution < -0.4 is 5.32 Å². The summed E-state index contributed by atoms with van der Waals surface area (Å²) < 4.78 is 7.73. The van der Waals surface area contributed by atoms with Gasteiger partial charge in [0.25, 0.3) is 0 Å². The smallest absolute Gasteiger partial charge is 0.234 e. The molecule has 0 saturated carbocycles. The number of carbonyl (C=O) groups excluding carboxylic acids is 1. The molecule has 2 heterocycles. The van der Waals surface area contributed by atoms with Crippen molar-refractivity contribution in [3.63, 3.8) is 0 Å². The van der Waals surface area contributed by atoms with Crippen LogP contribution in [0.3, 0.4) is 0 Å². The Kier molecular flexibility index (Phi) is 4.72. The Balaban J connectivity index is 1.29. The van der Waals surface area contributed by atoms with Crippen molar-refractivity contribution < 1.29 is 9.21 Å². The molecule has 1 N–H and O–H groups in total. The van der Waals surface area contributed by atoms with E-state index in [2.05, 4.69) is 15.5 Å². The lowest BCUT2D eigenvalue weighted by Crippen LogP contribution is -2.14. The average molecular weight is 414 g/mol. The molecule has 0 atom stereocenters. The van der Waals surface area contributed by atoms with Crippen molar-refractivity contribution >= 4 is 45.3 Å². The minimum atomic E-state index is -0.101. The van der Waals surface area contributed by atoms with E-state index in [0.717, 1.165) is 39.0 Å². The summed E-state index contributed by atoms with van der Waals surface area (Å²) in [4.78, 5) is 12.5. The maximum absolute atomic E-state index is 12.5. The summed E-state index contributed by atoms with van der Waals surface area (Å²) in [5, 5.41) is 14.1. The number of para-hydroxylation sites is 1. The molecule has 0 saturated heterocycles. The Hall–Kier alpha value is -3.58. The second kappa shape index (κ2) is 7.68. The van der Waals surface area contributed by atoms with Crippen molar-refractivity contribution in [2.75, 3.05) is 11.1 Å². The quantitative estimate of drug-likeness (QED) is 0.405. The summed E-state index contributed by atoms with van der Waals surface area (Å²) in [7, 11) is 1.90. The van der Waals surface area contributed by atoms with Crippen LogP contribution in [0.2, 0.25) is 0 Å². The Morgan fingerprint density at radius 3 is 2.60 bits per heavy atom. The molecule has 0 aliphatic carbocycles. The molecule has 0 aliphatic rings. The lowest BCUT2D eigenvalue weighted by atomic mass is 10.1. The molecular weight excluding hydrogens is 396 g/mol. The van der Waals surface area contributed by atoms with Crippen molar-refractivity contribution in [1.82, 2.24) is 14.8 Å². The predicted molar refractivity (Wildman–Crippen MR) is 120 cm³/mol. The van der Waals surface area contributed by atoms with E-state index in [-0.39, 0.29) is 11.7 Å². The largest absolute Gasteiger partial charge is 0.456 e. The zero-order valence-corrected chi connectivity index (χ0v) is 17.0. The number of furan rings is 1. The number of fused-ring (bicyclic) bond motifs is 3. The van der Waals surface area contributed by atoms with Gasteiger partial charge in [-0.3, -0.25) is 4.79 Å². The van der Waals surface area contributed by atoms with Gasteiger partial charge in [-0.1, -0.05) is 60.3 Å². The number of thioether (sulfide) groups is 1. The first-order valence-electron chi connectivity index (χ1n) is 9.48. The van der Waals surface area contributed by atoms with Gasteiger partial charge in [-0.05, 0) is 24.3 Å². The molecule has 1 amide bonds. The molecule has 0 fully saturated rings. The number of nitrogens with zero attached hydrogens (tertiary/aromatic N) is 3. The zero-order chi connectivity index (χ0) is 20.5. The van der Waals surface area contributed by atoms with E-state index in [4.69, 9.17) is 4.42 Å². The van der Waals surface area contributed by atoms with Gasteiger partial charge < -0.3 is 14.3 Å². The minimum absolute atomic E-state index is 0.101. The van der Waals surface area contributed by atoms with Crippen LogP contribution in [0.4, 0.5) is 5.69 Å². The fourth-order valence-corrected chi connectivity index (χ4v) is 4.12. The first kappa shape index (κ1) is 18.4. The fourth-order valence-electron chi connectivity index (χ4n) is 3.41. The number of rotatable bonds is 5. The molecule has 0 unspecified atom stereocenters. The SMILES string of the molecule is Cn1c(SCC(=O)Nc2ccc3oc4ccccc4c3c2)nnc1-c1ccccc1. The molecule has 30 heavy (non-hydrogen) atoms. The van der Waals surface area contributed by atoms with Gasteiger partial charge >= 0.3 is 0 Å². The van der Waals surface area contributed by atoms with Crippen LogP contribution in [-0.2, 0) is 11.8 Å². The highest BCUT2D eigenvalue weighted by molar-refractivity contribution is 7.99. The topological polar surface area (TPSA) is 73.0 Å². The van der Waals surface area contributed by atoms with Gasteiger partial charge in [0.1, 0.15) is 11.2 Å². The summed E-state index contributed by atoms with van der Waals surface area (Å²) >= 11 is 1.36. The highest BCUT2D eigenvalue weighted by atomic mass is 32.2. The zero-order valence-electron chi connectivity index (χ0n) is 16.2. The van der Waals surface area contributed by atoms with Crippen molar-refractivity contribution in [1.29, 1.82) is 0 Å². The lowest BCUT2D eigenvalue weighted by molar-refractivity contribution is -0.113. The van der Waals surface area contributed by atoms with Gasteiger partial charge in [0.2, 0.25) is 5.91 Å². The number of aromatic nitrogens is 3. The molecule has 0 aliphatic heterocycles. The molecule has 3 aromatic carbocycles. The van der Waals surface area contributed by atoms with Gasteiger partial charge in [0, 0.05) is 29.1 Å². The molecule has 6 nitrogen and oxygen atoms in total. The standard InChI is InChI=1S/C23H18N4O2S/c1-27-22(15-7-3-2-4-8-15)25-26-23(27)30-14-21(28)24-16-11-12-20-18(13-16)17-9-5-6-10-19(17)29-20/h2-13H,14H2,1H3,(H,24,28). The third-order valence-corrected chi connectivity index (χ3v) is 5.88. The molecule has 2 aromatic heterocycles. The number of benzene rings is 3. The van der Waals surface area contributed by atoms with Crippen LogP contribution in [0.5, 0.6) is 0 Å². The van der Waals surface area contributed by atoms with Crippen molar-refractivity contribution in [3.05, 3.63) is 72.8 Å². The van der Waals surface area contributed by atoms with Gasteiger partial charge in [-0.2, -0.15) is 0 Å². The summed E-state index contributed by atoms with van der Waals surface area (Å²) in [6, 6.07) is 23.4. The molecule has 148 valence electrons. The first-order valence-corrected chi connectivity index (χ1v) is 10.5. The molecule has 0 bridgehead atoms. The van der Waals surface area contributed by atoms with E-state index in [0.29, 0.717) is 5.16 Å². The summed E-state index contributed by atoms with van der Waals surface area (Å²) in [5.41, 5.74) is 3.37. The maximum Gasteiger partial charge on any atom is 0.234 e. The van der Waals surface area contributed by atoms with Crippen LogP contribution in [0.15, 0.2) is 82.4 Å². The van der Waals surface area contributed by atoms with Crippen molar-refractivity contribution in [3.8, 4) is 11.4 Å². The monoisotopic (exact) mass is 414 g/mol. The van der Waals surface area contributed by atoms with Crippen molar-refractivity contribution in [2.45, 2.75) is 5.16 Å². The number of hydrogen-bond donors (Lipinski definition) is 1. The third-order valence-electron chi connectivity index (χ3n) is 4.86. The normalized spacial score (nSPS) is 11.2. The second-order valence-corrected chi connectivity index (χ2v) is 7.82. The fraction of sp³-hybridized carbons (Fsp3) is 0.0870. The molecule has 5 aromatic rings. The van der Waals surface area contributed by atoms with E-state index in [1.807, 2.05) is 84.4 Å². The molecule has 5 rings (SSSR count). The second-order valence-electron chi connectivity index (χ2n) is 6.88. The van der Waals surface area contributed by atoms with Gasteiger partial charge in [0.15, 0.2) is 11.0 Å². The molecular formula is C23H18N4O2S. The van der Waals surface area contributed by atoms with E-state index in [1.54, 1.807) is 0 Å². The van der Waals surface area contributed by atoms with Crippen LogP contribution in [0.1, 0.15) is 0 Å². The summed E-state index contributed by atoms with van der Waals surface area (Å²) in [6.45, 7) is 0. The van der Waals surface area contributed by atoms with Gasteiger partial charge in [-0.15, -0.1) is 10.2 Å². The van der Waals surface area contributed by atoms with Crippen molar-refractivity contribution in [2.24, 2.45) is 7.05 Å². The van der Waals surface area contributed by atoms with Crippen LogP contribution >= 0.6 is 11.8 Å². The van der Waals surface area contributed by atoms with Gasteiger partial charge in [0.05, 0.1) is 5.75 Å². The first-order chi connectivity index (χ1) is 14.7.